The maximum atomic E-state index is 11.9. The van der Waals surface area contributed by atoms with Crippen LogP contribution in [0.15, 0.2) is 0 Å². The molecule has 1 aliphatic carbocycles. The second kappa shape index (κ2) is 4.47. The molecule has 0 radical (unpaired) electrons. The van der Waals surface area contributed by atoms with E-state index in [4.69, 9.17) is 12.2 Å². The molecular formula is C11H18N2O. The normalized spacial score (nSPS) is 18.1. The van der Waals surface area contributed by atoms with Crippen molar-refractivity contribution >= 4 is 5.91 Å². The van der Waals surface area contributed by atoms with Crippen LogP contribution in [0.1, 0.15) is 32.6 Å². The van der Waals surface area contributed by atoms with Crippen molar-refractivity contribution in [1.29, 1.82) is 0 Å². The summed E-state index contributed by atoms with van der Waals surface area (Å²) in [5, 5.41) is 0. The molecule has 0 bridgehead atoms. The zero-order valence-electron chi connectivity index (χ0n) is 8.75. The molecule has 1 fully saturated rings. The number of nitrogens with zero attached hydrogens (tertiary/aromatic N) is 1. The molecule has 0 aromatic carbocycles. The molecule has 78 valence electrons. The Morgan fingerprint density at radius 2 is 2.29 bits per heavy atom. The fourth-order valence-electron chi connectivity index (χ4n) is 1.72. The van der Waals surface area contributed by atoms with Gasteiger partial charge in [-0.3, -0.25) is 4.79 Å². The van der Waals surface area contributed by atoms with Crippen molar-refractivity contribution in [2.45, 2.75) is 38.1 Å². The third-order valence-electron chi connectivity index (χ3n) is 2.73. The van der Waals surface area contributed by atoms with Crippen molar-refractivity contribution in [3.05, 3.63) is 0 Å². The molecule has 0 heterocycles. The molecule has 0 aromatic heterocycles. The first kappa shape index (κ1) is 11.1. The molecule has 0 aliphatic heterocycles. The summed E-state index contributed by atoms with van der Waals surface area (Å²) in [5.41, 5.74) is 5.34. The second-order valence-corrected chi connectivity index (χ2v) is 3.94. The smallest absolute Gasteiger partial charge is 0.243 e. The van der Waals surface area contributed by atoms with Gasteiger partial charge in [-0.2, -0.15) is 0 Å². The van der Waals surface area contributed by atoms with Gasteiger partial charge in [0.25, 0.3) is 0 Å². The van der Waals surface area contributed by atoms with E-state index in [9.17, 15) is 4.79 Å². The van der Waals surface area contributed by atoms with Crippen molar-refractivity contribution in [3.63, 3.8) is 0 Å². The Hall–Kier alpha value is -1.01. The minimum absolute atomic E-state index is 0.0311. The first-order valence-electron chi connectivity index (χ1n) is 5.16. The Kier molecular flexibility index (Phi) is 3.54. The van der Waals surface area contributed by atoms with Crippen LogP contribution in [0.3, 0.4) is 0 Å². The minimum Gasteiger partial charge on any atom is -0.330 e. The second-order valence-electron chi connectivity index (χ2n) is 3.94. The van der Waals surface area contributed by atoms with E-state index in [1.54, 1.807) is 4.90 Å². The Morgan fingerprint density at radius 1 is 1.64 bits per heavy atom. The highest BCUT2D eigenvalue weighted by Crippen LogP contribution is 2.30. The van der Waals surface area contributed by atoms with E-state index in [2.05, 4.69) is 5.92 Å². The first-order valence-corrected chi connectivity index (χ1v) is 5.16. The minimum atomic E-state index is -0.605. The van der Waals surface area contributed by atoms with Crippen LogP contribution in [0.4, 0.5) is 0 Å². The molecule has 3 nitrogen and oxygen atoms in total. The van der Waals surface area contributed by atoms with Crippen LogP contribution >= 0.6 is 0 Å². The molecule has 0 spiro atoms. The number of hydrogen-bond donors (Lipinski definition) is 1. The number of carbonyl (C=O) groups is 1. The zero-order chi connectivity index (χ0) is 10.6. The van der Waals surface area contributed by atoms with Crippen LogP contribution in [0.5, 0.6) is 0 Å². The van der Waals surface area contributed by atoms with Crippen LogP contribution in [0.2, 0.25) is 0 Å². The van der Waals surface area contributed by atoms with Crippen LogP contribution in [-0.2, 0) is 4.79 Å². The molecule has 3 heteroatoms. The summed E-state index contributed by atoms with van der Waals surface area (Å²) < 4.78 is 0. The van der Waals surface area contributed by atoms with E-state index in [0.717, 1.165) is 25.7 Å². The molecule has 0 saturated heterocycles. The van der Waals surface area contributed by atoms with Crippen molar-refractivity contribution in [3.8, 4) is 12.3 Å². The largest absolute Gasteiger partial charge is 0.330 e. The quantitative estimate of drug-likeness (QED) is 0.671. The van der Waals surface area contributed by atoms with Crippen molar-refractivity contribution in [2.75, 3.05) is 13.1 Å². The van der Waals surface area contributed by atoms with Crippen LogP contribution in [-0.4, -0.2) is 29.4 Å². The standard InChI is InChI=1S/C11H18N2O/c1-3-8-13(9-4-2)10(14)11(12)6-5-7-11/h1H,4-9,12H2,2H3. The third-order valence-corrected chi connectivity index (χ3v) is 2.73. The Balaban J connectivity index is 2.58. The number of nitrogens with two attached hydrogens (primary N) is 1. The van der Waals surface area contributed by atoms with Crippen LogP contribution in [0.25, 0.3) is 0 Å². The molecule has 1 rings (SSSR count). The summed E-state index contributed by atoms with van der Waals surface area (Å²) in [5.74, 6) is 2.53. The highest BCUT2D eigenvalue weighted by molar-refractivity contribution is 5.87. The molecule has 14 heavy (non-hydrogen) atoms. The van der Waals surface area contributed by atoms with Gasteiger partial charge in [0.15, 0.2) is 0 Å². The van der Waals surface area contributed by atoms with Crippen LogP contribution < -0.4 is 5.73 Å². The van der Waals surface area contributed by atoms with Gasteiger partial charge in [0.2, 0.25) is 5.91 Å². The topological polar surface area (TPSA) is 46.3 Å². The van der Waals surface area contributed by atoms with E-state index in [1.165, 1.54) is 0 Å². The molecule has 2 N–H and O–H groups in total. The van der Waals surface area contributed by atoms with Gasteiger partial charge in [-0.1, -0.05) is 12.8 Å². The lowest BCUT2D eigenvalue weighted by Gasteiger charge is -2.39. The predicted octanol–water partition coefficient (Wildman–Crippen LogP) is 0.740. The monoisotopic (exact) mass is 194 g/mol. The van der Waals surface area contributed by atoms with Crippen molar-refractivity contribution in [1.82, 2.24) is 4.90 Å². The Labute approximate surface area is 85.6 Å². The molecule has 0 aromatic rings. The average Bonchev–Trinajstić information content (AvgIpc) is 2.13. The maximum Gasteiger partial charge on any atom is 0.243 e. The van der Waals surface area contributed by atoms with Gasteiger partial charge in [-0.25, -0.2) is 0 Å². The number of rotatable bonds is 4. The maximum absolute atomic E-state index is 11.9. The zero-order valence-corrected chi connectivity index (χ0v) is 8.75. The summed E-state index contributed by atoms with van der Waals surface area (Å²) in [7, 11) is 0. The summed E-state index contributed by atoms with van der Waals surface area (Å²) >= 11 is 0. The predicted molar refractivity (Wildman–Crippen MR) is 56.5 cm³/mol. The summed E-state index contributed by atoms with van der Waals surface area (Å²) in [4.78, 5) is 13.6. The van der Waals surface area contributed by atoms with Gasteiger partial charge in [-0.05, 0) is 25.7 Å². The lowest BCUT2D eigenvalue weighted by Crippen LogP contribution is -2.59. The number of hydrogen-bond acceptors (Lipinski definition) is 2. The van der Waals surface area contributed by atoms with Gasteiger partial charge in [0.05, 0.1) is 12.1 Å². The average molecular weight is 194 g/mol. The van der Waals surface area contributed by atoms with E-state index in [0.29, 0.717) is 13.1 Å². The van der Waals surface area contributed by atoms with Gasteiger partial charge in [0.1, 0.15) is 0 Å². The number of carbonyl (C=O) groups excluding carboxylic acids is 1. The molecule has 0 atom stereocenters. The van der Waals surface area contributed by atoms with Crippen molar-refractivity contribution in [2.24, 2.45) is 5.73 Å². The molecular weight excluding hydrogens is 176 g/mol. The van der Waals surface area contributed by atoms with Gasteiger partial charge in [0, 0.05) is 6.54 Å². The van der Waals surface area contributed by atoms with E-state index >= 15 is 0 Å². The molecule has 1 aliphatic rings. The highest BCUT2D eigenvalue weighted by atomic mass is 16.2. The third kappa shape index (κ3) is 2.08. The lowest BCUT2D eigenvalue weighted by atomic mass is 9.76. The SMILES string of the molecule is C#CCN(CCC)C(=O)C1(N)CCC1. The number of terminal acetylenes is 1. The number of amides is 1. The first-order chi connectivity index (χ1) is 6.64. The lowest BCUT2D eigenvalue weighted by molar-refractivity contribution is -0.139. The van der Waals surface area contributed by atoms with E-state index in [-0.39, 0.29) is 5.91 Å². The van der Waals surface area contributed by atoms with Gasteiger partial charge in [-0.15, -0.1) is 6.42 Å². The highest BCUT2D eigenvalue weighted by Gasteiger charge is 2.42. The fraction of sp³-hybridized carbons (Fsp3) is 0.727. The van der Waals surface area contributed by atoms with E-state index in [1.807, 2.05) is 6.92 Å². The van der Waals surface area contributed by atoms with Gasteiger partial charge < -0.3 is 10.6 Å². The van der Waals surface area contributed by atoms with Gasteiger partial charge >= 0.3 is 0 Å². The molecule has 1 saturated carbocycles. The summed E-state index contributed by atoms with van der Waals surface area (Å²) in [6.07, 6.45) is 8.79. The summed E-state index contributed by atoms with van der Waals surface area (Å²) in [6, 6.07) is 0. The summed E-state index contributed by atoms with van der Waals surface area (Å²) in [6.45, 7) is 3.12. The fourth-order valence-corrected chi connectivity index (χ4v) is 1.72. The Bertz CT molecular complexity index is 251. The molecule has 0 unspecified atom stereocenters. The Morgan fingerprint density at radius 3 is 2.64 bits per heavy atom. The van der Waals surface area contributed by atoms with E-state index < -0.39 is 5.54 Å². The van der Waals surface area contributed by atoms with Crippen molar-refractivity contribution < 1.29 is 4.79 Å². The molecule has 1 amide bonds. The van der Waals surface area contributed by atoms with Crippen LogP contribution in [0, 0.1) is 12.3 Å².